The SMILES string of the molecule is CCCCN(CCS(=O)(=O)O)c1ccc(C(c2ccc(Nc3ccccc3)cc2)c2ccc(N(CCCC)CCS(=O)(=O)O)cc2)cc1. The Morgan fingerprint density at radius 1 is 0.542 bits per heavy atom. The molecule has 0 spiro atoms. The van der Waals surface area contributed by atoms with Gasteiger partial charge in [0.05, 0.1) is 11.5 Å². The number of anilines is 4. The third-order valence-electron chi connectivity index (χ3n) is 8.29. The normalized spacial score (nSPS) is 11.9. The Balaban J connectivity index is 1.67. The van der Waals surface area contributed by atoms with Gasteiger partial charge in [-0.25, -0.2) is 0 Å². The molecule has 11 heteroatoms. The van der Waals surface area contributed by atoms with Crippen LogP contribution in [0.3, 0.4) is 0 Å². The lowest BCUT2D eigenvalue weighted by atomic mass is 9.85. The van der Waals surface area contributed by atoms with E-state index in [0.717, 1.165) is 65.1 Å². The summed E-state index contributed by atoms with van der Waals surface area (Å²) in [5.74, 6) is -0.796. The Bertz CT molecular complexity index is 1670. The highest BCUT2D eigenvalue weighted by Crippen LogP contribution is 2.35. The van der Waals surface area contributed by atoms with Gasteiger partial charge in [0.2, 0.25) is 0 Å². The highest BCUT2D eigenvalue weighted by Gasteiger charge is 2.20. The van der Waals surface area contributed by atoms with Crippen LogP contribution in [0.25, 0.3) is 0 Å². The molecule has 0 unspecified atom stereocenters. The third-order valence-corrected chi connectivity index (χ3v) is 9.69. The predicted octanol–water partition coefficient (Wildman–Crippen LogP) is 7.60. The molecule has 4 rings (SSSR count). The molecule has 0 atom stereocenters. The highest BCUT2D eigenvalue weighted by atomic mass is 32.2. The van der Waals surface area contributed by atoms with E-state index in [1.165, 1.54) is 0 Å². The van der Waals surface area contributed by atoms with Crippen LogP contribution in [-0.2, 0) is 20.2 Å². The maximum Gasteiger partial charge on any atom is 0.266 e. The summed E-state index contributed by atoms with van der Waals surface area (Å²) in [6, 6.07) is 34.6. The molecular weight excluding hydrogens is 647 g/mol. The quantitative estimate of drug-likeness (QED) is 0.0672. The zero-order valence-corrected chi connectivity index (χ0v) is 29.3. The molecule has 3 N–H and O–H groups in total. The molecule has 0 saturated carbocycles. The minimum atomic E-state index is -4.09. The van der Waals surface area contributed by atoms with E-state index < -0.39 is 20.2 Å². The maximum absolute atomic E-state index is 11.5. The lowest BCUT2D eigenvalue weighted by Gasteiger charge is -2.27. The van der Waals surface area contributed by atoms with Crippen LogP contribution in [0.4, 0.5) is 22.7 Å². The van der Waals surface area contributed by atoms with Crippen LogP contribution in [0.5, 0.6) is 0 Å². The van der Waals surface area contributed by atoms with Gasteiger partial charge in [-0.15, -0.1) is 0 Å². The number of nitrogens with zero attached hydrogens (tertiary/aromatic N) is 2. The first-order valence-electron chi connectivity index (χ1n) is 16.5. The van der Waals surface area contributed by atoms with Gasteiger partial charge in [0.15, 0.2) is 0 Å². The van der Waals surface area contributed by atoms with Crippen LogP contribution in [0.1, 0.15) is 62.1 Å². The van der Waals surface area contributed by atoms with Crippen LogP contribution in [0, 0.1) is 0 Å². The summed E-state index contributed by atoms with van der Waals surface area (Å²) < 4.78 is 64.8. The molecule has 4 aromatic rings. The Morgan fingerprint density at radius 3 is 1.29 bits per heavy atom. The summed E-state index contributed by atoms with van der Waals surface area (Å²) in [4.78, 5) is 3.98. The van der Waals surface area contributed by atoms with Crippen LogP contribution in [-0.4, -0.2) is 63.6 Å². The zero-order valence-electron chi connectivity index (χ0n) is 27.7. The van der Waals surface area contributed by atoms with E-state index in [-0.39, 0.29) is 30.5 Å². The number of nitrogens with one attached hydrogen (secondary N) is 1. The number of hydrogen-bond acceptors (Lipinski definition) is 7. The largest absolute Gasteiger partial charge is 0.370 e. The highest BCUT2D eigenvalue weighted by molar-refractivity contribution is 7.86. The number of unbranched alkanes of at least 4 members (excludes halogenated alkanes) is 2. The van der Waals surface area contributed by atoms with Crippen molar-refractivity contribution in [3.63, 3.8) is 0 Å². The van der Waals surface area contributed by atoms with Crippen molar-refractivity contribution in [1.29, 1.82) is 0 Å². The van der Waals surface area contributed by atoms with E-state index in [1.807, 2.05) is 64.4 Å². The van der Waals surface area contributed by atoms with Gasteiger partial charge >= 0.3 is 0 Å². The first kappa shape index (κ1) is 36.9. The van der Waals surface area contributed by atoms with Gasteiger partial charge in [0.25, 0.3) is 20.2 Å². The summed E-state index contributed by atoms with van der Waals surface area (Å²) in [6.45, 7) is 5.92. The molecule has 0 amide bonds. The van der Waals surface area contributed by atoms with Crippen molar-refractivity contribution in [2.45, 2.75) is 45.4 Å². The lowest BCUT2D eigenvalue weighted by molar-refractivity contribution is 0.480. The van der Waals surface area contributed by atoms with Gasteiger partial charge in [0, 0.05) is 54.8 Å². The molecule has 0 radical (unpaired) electrons. The molecule has 4 aromatic carbocycles. The predicted molar refractivity (Wildman–Crippen MR) is 197 cm³/mol. The van der Waals surface area contributed by atoms with Crippen molar-refractivity contribution in [2.24, 2.45) is 0 Å². The van der Waals surface area contributed by atoms with Crippen molar-refractivity contribution in [2.75, 3.05) is 52.8 Å². The van der Waals surface area contributed by atoms with Crippen molar-refractivity contribution in [3.8, 4) is 0 Å². The molecule has 0 aromatic heterocycles. The molecule has 0 fully saturated rings. The third kappa shape index (κ3) is 11.7. The number of para-hydroxylation sites is 1. The zero-order chi connectivity index (χ0) is 34.6. The topological polar surface area (TPSA) is 127 Å². The van der Waals surface area contributed by atoms with Crippen molar-refractivity contribution >= 4 is 43.0 Å². The van der Waals surface area contributed by atoms with Crippen LogP contribution < -0.4 is 15.1 Å². The Kier molecular flexibility index (Phi) is 13.5. The maximum atomic E-state index is 11.5. The molecule has 0 aliphatic carbocycles. The van der Waals surface area contributed by atoms with Crippen LogP contribution in [0.15, 0.2) is 103 Å². The fourth-order valence-electron chi connectivity index (χ4n) is 5.67. The first-order valence-corrected chi connectivity index (χ1v) is 19.7. The van der Waals surface area contributed by atoms with Crippen LogP contribution >= 0.6 is 0 Å². The molecule has 0 aliphatic heterocycles. The second-order valence-corrected chi connectivity index (χ2v) is 15.1. The fourth-order valence-corrected chi connectivity index (χ4v) is 6.57. The van der Waals surface area contributed by atoms with E-state index in [2.05, 4.69) is 67.7 Å². The summed E-state index contributed by atoms with van der Waals surface area (Å²) in [5, 5.41) is 3.44. The molecule has 0 heterocycles. The standard InChI is InChI=1S/C37H47N3O6S2/c1-3-5-24-39(26-28-47(41,42)43)35-20-14-31(15-21-35)37(30-12-18-34(19-13-30)38-33-10-8-7-9-11-33)32-16-22-36(23-17-32)40(25-6-4-2)27-29-48(44,45)46/h7-23,37-38H,3-6,24-29H2,1-2H3,(H,41,42,43)(H,44,45,46). The minimum Gasteiger partial charge on any atom is -0.370 e. The molecule has 258 valence electrons. The van der Waals surface area contributed by atoms with Gasteiger partial charge in [-0.1, -0.05) is 81.3 Å². The van der Waals surface area contributed by atoms with E-state index in [0.29, 0.717) is 13.1 Å². The van der Waals surface area contributed by atoms with Gasteiger partial charge in [-0.05, 0) is 78.1 Å². The Hall–Kier alpha value is -3.90. The van der Waals surface area contributed by atoms with Gasteiger partial charge < -0.3 is 15.1 Å². The fraction of sp³-hybridized carbons (Fsp3) is 0.351. The van der Waals surface area contributed by atoms with Crippen LogP contribution in [0.2, 0.25) is 0 Å². The monoisotopic (exact) mass is 693 g/mol. The number of benzene rings is 4. The summed E-state index contributed by atoms with van der Waals surface area (Å²) in [7, 11) is -8.18. The molecular formula is C37H47N3O6S2. The van der Waals surface area contributed by atoms with Crippen molar-refractivity contribution < 1.29 is 25.9 Å². The summed E-state index contributed by atoms with van der Waals surface area (Å²) in [6.07, 6.45) is 3.70. The van der Waals surface area contributed by atoms with Gasteiger partial charge in [0.1, 0.15) is 0 Å². The number of hydrogen-bond donors (Lipinski definition) is 3. The van der Waals surface area contributed by atoms with E-state index in [1.54, 1.807) is 0 Å². The lowest BCUT2D eigenvalue weighted by Crippen LogP contribution is -2.30. The molecule has 0 bridgehead atoms. The van der Waals surface area contributed by atoms with E-state index >= 15 is 0 Å². The van der Waals surface area contributed by atoms with Crippen molar-refractivity contribution in [1.82, 2.24) is 0 Å². The van der Waals surface area contributed by atoms with Gasteiger partial charge in [-0.2, -0.15) is 16.8 Å². The molecule has 48 heavy (non-hydrogen) atoms. The average molecular weight is 694 g/mol. The van der Waals surface area contributed by atoms with E-state index in [4.69, 9.17) is 0 Å². The smallest absolute Gasteiger partial charge is 0.266 e. The minimum absolute atomic E-state index is 0.123. The van der Waals surface area contributed by atoms with E-state index in [9.17, 15) is 25.9 Å². The summed E-state index contributed by atoms with van der Waals surface area (Å²) in [5.41, 5.74) is 6.92. The second kappa shape index (κ2) is 17.5. The number of rotatable bonds is 19. The average Bonchev–Trinajstić information content (AvgIpc) is 3.06. The summed E-state index contributed by atoms with van der Waals surface area (Å²) >= 11 is 0. The molecule has 0 aliphatic rings. The molecule has 9 nitrogen and oxygen atoms in total. The Morgan fingerprint density at radius 2 is 0.917 bits per heavy atom. The first-order chi connectivity index (χ1) is 23.0. The second-order valence-electron chi connectivity index (χ2n) is 12.0. The molecule has 0 saturated heterocycles. The van der Waals surface area contributed by atoms with Crippen molar-refractivity contribution in [3.05, 3.63) is 120 Å². The van der Waals surface area contributed by atoms with Gasteiger partial charge in [-0.3, -0.25) is 9.11 Å². The Labute approximate surface area is 286 Å².